The van der Waals surface area contributed by atoms with E-state index in [0.717, 1.165) is 23.4 Å². The van der Waals surface area contributed by atoms with Crippen molar-refractivity contribution in [2.45, 2.75) is 13.1 Å². The van der Waals surface area contributed by atoms with E-state index in [-0.39, 0.29) is 5.84 Å². The van der Waals surface area contributed by atoms with Crippen LogP contribution in [-0.2, 0) is 13.1 Å². The number of nitrogens with one attached hydrogen (secondary N) is 1. The van der Waals surface area contributed by atoms with Crippen molar-refractivity contribution >= 4 is 5.84 Å². The lowest BCUT2D eigenvalue weighted by molar-refractivity contribution is 0.310. The van der Waals surface area contributed by atoms with Gasteiger partial charge >= 0.3 is 0 Å². The summed E-state index contributed by atoms with van der Waals surface area (Å²) in [6.45, 7) is 1.50. The number of hydrogen-bond donors (Lipinski definition) is 2. The highest BCUT2D eigenvalue weighted by Crippen LogP contribution is 2.21. The van der Waals surface area contributed by atoms with Crippen molar-refractivity contribution in [1.29, 1.82) is 5.41 Å². The van der Waals surface area contributed by atoms with Crippen LogP contribution in [0.15, 0.2) is 42.7 Å². The van der Waals surface area contributed by atoms with Crippen molar-refractivity contribution < 1.29 is 4.74 Å². The van der Waals surface area contributed by atoms with Gasteiger partial charge in [-0.05, 0) is 36.9 Å². The van der Waals surface area contributed by atoms with Crippen LogP contribution in [0, 0.1) is 5.41 Å². The molecule has 110 valence electrons. The average molecular weight is 284 g/mol. The molecule has 5 nitrogen and oxygen atoms in total. The van der Waals surface area contributed by atoms with Gasteiger partial charge in [0.2, 0.25) is 0 Å². The average Bonchev–Trinajstić information content (AvgIpc) is 2.48. The Kier molecular flexibility index (Phi) is 4.90. The van der Waals surface area contributed by atoms with Gasteiger partial charge in [-0.25, -0.2) is 0 Å². The number of aromatic nitrogens is 1. The first-order valence-corrected chi connectivity index (χ1v) is 6.69. The molecule has 0 aliphatic carbocycles. The highest BCUT2D eigenvalue weighted by atomic mass is 16.5. The summed E-state index contributed by atoms with van der Waals surface area (Å²) in [7, 11) is 3.68. The molecule has 0 bridgehead atoms. The quantitative estimate of drug-likeness (QED) is 0.628. The van der Waals surface area contributed by atoms with E-state index in [2.05, 4.69) is 9.88 Å². The van der Waals surface area contributed by atoms with Gasteiger partial charge in [0.1, 0.15) is 11.6 Å². The van der Waals surface area contributed by atoms with Gasteiger partial charge in [0.15, 0.2) is 0 Å². The third-order valence-electron chi connectivity index (χ3n) is 3.21. The zero-order valence-electron chi connectivity index (χ0n) is 12.3. The van der Waals surface area contributed by atoms with Crippen LogP contribution in [0.3, 0.4) is 0 Å². The van der Waals surface area contributed by atoms with E-state index < -0.39 is 0 Å². The maximum absolute atomic E-state index is 7.54. The number of ether oxygens (including phenoxy) is 1. The molecule has 1 aromatic heterocycles. The Hall–Kier alpha value is -2.40. The monoisotopic (exact) mass is 284 g/mol. The summed E-state index contributed by atoms with van der Waals surface area (Å²) >= 11 is 0. The first-order valence-electron chi connectivity index (χ1n) is 6.69. The van der Waals surface area contributed by atoms with Crippen LogP contribution in [-0.4, -0.2) is 29.9 Å². The highest BCUT2D eigenvalue weighted by molar-refractivity contribution is 5.95. The zero-order valence-corrected chi connectivity index (χ0v) is 12.3. The van der Waals surface area contributed by atoms with Crippen molar-refractivity contribution in [3.05, 3.63) is 59.4 Å². The van der Waals surface area contributed by atoms with Crippen molar-refractivity contribution in [1.82, 2.24) is 9.88 Å². The molecule has 1 aromatic carbocycles. The van der Waals surface area contributed by atoms with E-state index in [1.54, 1.807) is 19.4 Å². The molecule has 0 amide bonds. The van der Waals surface area contributed by atoms with Crippen molar-refractivity contribution in [3.63, 3.8) is 0 Å². The molecule has 0 fully saturated rings. The first-order chi connectivity index (χ1) is 10.1. The summed E-state index contributed by atoms with van der Waals surface area (Å²) in [6, 6.07) is 9.53. The maximum atomic E-state index is 7.54. The minimum atomic E-state index is 0.0637. The Morgan fingerprint density at radius 3 is 2.76 bits per heavy atom. The maximum Gasteiger partial charge on any atom is 0.123 e. The lowest BCUT2D eigenvalue weighted by atomic mass is 10.1. The predicted octanol–water partition coefficient (Wildman–Crippen LogP) is 2.01. The second-order valence-corrected chi connectivity index (χ2v) is 4.97. The lowest BCUT2D eigenvalue weighted by Crippen LogP contribution is -2.19. The molecule has 1 heterocycles. The van der Waals surface area contributed by atoms with Gasteiger partial charge in [0.25, 0.3) is 0 Å². The van der Waals surface area contributed by atoms with Gasteiger partial charge in [0.05, 0.1) is 7.11 Å². The molecule has 3 N–H and O–H groups in total. The normalized spacial score (nSPS) is 10.6. The number of benzene rings is 1. The molecule has 0 unspecified atom stereocenters. The number of nitrogens with zero attached hydrogens (tertiary/aromatic N) is 2. The highest BCUT2D eigenvalue weighted by Gasteiger charge is 2.09. The molecule has 5 heteroatoms. The number of nitrogen functional groups attached to an aromatic ring is 1. The van der Waals surface area contributed by atoms with E-state index >= 15 is 0 Å². The molecule has 0 atom stereocenters. The molecular formula is C16H20N4O. The Morgan fingerprint density at radius 1 is 1.33 bits per heavy atom. The van der Waals surface area contributed by atoms with Gasteiger partial charge in [-0.15, -0.1) is 0 Å². The number of methoxy groups -OCH3 is 1. The SMILES string of the molecule is COc1ccc(C(=N)N)cc1CN(C)Cc1cccnc1. The first kappa shape index (κ1) is 15.0. The summed E-state index contributed by atoms with van der Waals surface area (Å²) < 4.78 is 5.38. The van der Waals surface area contributed by atoms with Crippen molar-refractivity contribution in [3.8, 4) is 5.75 Å². The largest absolute Gasteiger partial charge is 0.496 e. The van der Waals surface area contributed by atoms with E-state index in [1.165, 1.54) is 0 Å². The van der Waals surface area contributed by atoms with E-state index in [9.17, 15) is 0 Å². The van der Waals surface area contributed by atoms with Gasteiger partial charge < -0.3 is 10.5 Å². The standard InChI is InChI=1S/C16H20N4O/c1-20(10-12-4-3-7-19-9-12)11-14-8-13(16(17)18)5-6-15(14)21-2/h3-9H,10-11H2,1-2H3,(H3,17,18). The molecule has 21 heavy (non-hydrogen) atoms. The second-order valence-electron chi connectivity index (χ2n) is 4.97. The van der Waals surface area contributed by atoms with E-state index in [4.69, 9.17) is 15.9 Å². The van der Waals surface area contributed by atoms with Gasteiger partial charge in [-0.2, -0.15) is 0 Å². The van der Waals surface area contributed by atoms with Crippen LogP contribution >= 0.6 is 0 Å². The molecule has 0 saturated heterocycles. The molecule has 2 aromatic rings. The molecule has 0 aliphatic rings. The Balaban J connectivity index is 2.13. The van der Waals surface area contributed by atoms with E-state index in [1.807, 2.05) is 37.5 Å². The number of hydrogen-bond acceptors (Lipinski definition) is 4. The topological polar surface area (TPSA) is 75.2 Å². The Morgan fingerprint density at radius 2 is 2.14 bits per heavy atom. The minimum Gasteiger partial charge on any atom is -0.496 e. The molecule has 0 spiro atoms. The van der Waals surface area contributed by atoms with Crippen LogP contribution in [0.4, 0.5) is 0 Å². The third-order valence-corrected chi connectivity index (χ3v) is 3.21. The summed E-state index contributed by atoms with van der Waals surface area (Å²) in [5.41, 5.74) is 8.42. The summed E-state index contributed by atoms with van der Waals surface area (Å²) in [6.07, 6.45) is 3.63. The van der Waals surface area contributed by atoms with Gasteiger partial charge in [-0.3, -0.25) is 15.3 Å². The molecule has 0 radical (unpaired) electrons. The van der Waals surface area contributed by atoms with Crippen molar-refractivity contribution in [2.24, 2.45) is 5.73 Å². The Bertz CT molecular complexity index is 613. The second kappa shape index (κ2) is 6.85. The van der Waals surface area contributed by atoms with Crippen LogP contribution in [0.5, 0.6) is 5.75 Å². The molecule has 0 aliphatic heterocycles. The molecule has 0 saturated carbocycles. The van der Waals surface area contributed by atoms with Gasteiger partial charge in [0, 0.05) is 36.6 Å². The number of pyridine rings is 1. The van der Waals surface area contributed by atoms with Crippen molar-refractivity contribution in [2.75, 3.05) is 14.2 Å². The van der Waals surface area contributed by atoms with Crippen LogP contribution < -0.4 is 10.5 Å². The number of nitrogens with two attached hydrogens (primary N) is 1. The summed E-state index contributed by atoms with van der Waals surface area (Å²) in [5, 5.41) is 7.54. The number of rotatable bonds is 6. The van der Waals surface area contributed by atoms with E-state index in [0.29, 0.717) is 12.1 Å². The fourth-order valence-corrected chi connectivity index (χ4v) is 2.22. The predicted molar refractivity (Wildman–Crippen MR) is 83.4 cm³/mol. The smallest absolute Gasteiger partial charge is 0.123 e. The summed E-state index contributed by atoms with van der Waals surface area (Å²) in [4.78, 5) is 6.29. The Labute approximate surface area is 124 Å². The molecular weight excluding hydrogens is 264 g/mol. The third kappa shape index (κ3) is 4.03. The fraction of sp³-hybridized carbons (Fsp3) is 0.250. The lowest BCUT2D eigenvalue weighted by Gasteiger charge is -2.19. The molecule has 2 rings (SSSR count). The zero-order chi connectivity index (χ0) is 15.2. The van der Waals surface area contributed by atoms with Gasteiger partial charge in [-0.1, -0.05) is 6.07 Å². The van der Waals surface area contributed by atoms with Crippen LogP contribution in [0.1, 0.15) is 16.7 Å². The number of amidine groups is 1. The van der Waals surface area contributed by atoms with Crippen LogP contribution in [0.2, 0.25) is 0 Å². The fourth-order valence-electron chi connectivity index (χ4n) is 2.22. The minimum absolute atomic E-state index is 0.0637. The van der Waals surface area contributed by atoms with Crippen LogP contribution in [0.25, 0.3) is 0 Å². The summed E-state index contributed by atoms with van der Waals surface area (Å²) in [5.74, 6) is 0.867.